The van der Waals surface area contributed by atoms with Gasteiger partial charge in [0.05, 0.1) is 12.3 Å². The van der Waals surface area contributed by atoms with E-state index in [0.29, 0.717) is 11.4 Å². The molecule has 0 fully saturated rings. The summed E-state index contributed by atoms with van der Waals surface area (Å²) in [4.78, 5) is 19.1. The number of aryl methyl sites for hydroxylation is 1. The molecule has 1 amide bonds. The van der Waals surface area contributed by atoms with Crippen molar-refractivity contribution in [1.29, 1.82) is 0 Å². The number of anilines is 1. The van der Waals surface area contributed by atoms with Gasteiger partial charge in [-0.15, -0.1) is 0 Å². The van der Waals surface area contributed by atoms with Crippen LogP contribution in [-0.2, 0) is 0 Å². The van der Waals surface area contributed by atoms with Crippen molar-refractivity contribution in [2.75, 3.05) is 4.90 Å². The highest BCUT2D eigenvalue weighted by atomic mass is 16.3. The zero-order chi connectivity index (χ0) is 16.2. The fourth-order valence-corrected chi connectivity index (χ4v) is 2.55. The predicted octanol–water partition coefficient (Wildman–Crippen LogP) is 4.39. The first-order valence-corrected chi connectivity index (χ1v) is 7.51. The molecule has 2 heterocycles. The van der Waals surface area contributed by atoms with Crippen molar-refractivity contribution >= 4 is 11.7 Å². The average Bonchev–Trinajstić information content (AvgIpc) is 3.10. The Hall–Kier alpha value is -2.88. The van der Waals surface area contributed by atoms with E-state index >= 15 is 0 Å². The minimum absolute atomic E-state index is 0.101. The summed E-state index contributed by atoms with van der Waals surface area (Å²) in [6.45, 7) is 3.90. The normalized spacial score (nSPS) is 11.9. The summed E-state index contributed by atoms with van der Waals surface area (Å²) in [5, 5.41) is 0. The van der Waals surface area contributed by atoms with E-state index in [1.807, 2.05) is 68.4 Å². The van der Waals surface area contributed by atoms with Crippen LogP contribution in [0.3, 0.4) is 0 Å². The first-order chi connectivity index (χ1) is 11.2. The molecular formula is C19H18N2O2. The Kier molecular flexibility index (Phi) is 4.24. The van der Waals surface area contributed by atoms with Gasteiger partial charge in [-0.05, 0) is 50.2 Å². The van der Waals surface area contributed by atoms with Crippen LogP contribution in [0.5, 0.6) is 0 Å². The summed E-state index contributed by atoms with van der Waals surface area (Å²) in [6, 6.07) is 16.5. The van der Waals surface area contributed by atoms with E-state index < -0.39 is 0 Å². The van der Waals surface area contributed by atoms with E-state index in [0.717, 1.165) is 11.3 Å². The summed E-state index contributed by atoms with van der Waals surface area (Å²) in [7, 11) is 0. The van der Waals surface area contributed by atoms with E-state index in [2.05, 4.69) is 4.98 Å². The van der Waals surface area contributed by atoms with Crippen molar-refractivity contribution in [1.82, 2.24) is 4.98 Å². The standard InChI is InChI=1S/C19H18N2O2/c1-14-7-5-8-16(13-14)19(22)21(18-10-3-4-11-20-18)15(2)17-9-6-12-23-17/h3-13,15H,1-2H3/t15-/m1/s1. The highest BCUT2D eigenvalue weighted by Crippen LogP contribution is 2.27. The van der Waals surface area contributed by atoms with Gasteiger partial charge in [0.1, 0.15) is 11.6 Å². The molecule has 2 aromatic heterocycles. The van der Waals surface area contributed by atoms with Gasteiger partial charge in [0.25, 0.3) is 5.91 Å². The molecule has 116 valence electrons. The van der Waals surface area contributed by atoms with Crippen molar-refractivity contribution in [2.45, 2.75) is 19.9 Å². The van der Waals surface area contributed by atoms with Crippen LogP contribution in [0, 0.1) is 6.92 Å². The van der Waals surface area contributed by atoms with Gasteiger partial charge in [-0.3, -0.25) is 9.69 Å². The van der Waals surface area contributed by atoms with E-state index in [4.69, 9.17) is 4.42 Å². The molecule has 1 atom stereocenters. The molecule has 0 N–H and O–H groups in total. The van der Waals surface area contributed by atoms with Gasteiger partial charge >= 0.3 is 0 Å². The number of nitrogens with zero attached hydrogens (tertiary/aromatic N) is 2. The smallest absolute Gasteiger partial charge is 0.260 e. The largest absolute Gasteiger partial charge is 0.467 e. The number of hydrogen-bond donors (Lipinski definition) is 0. The molecule has 4 heteroatoms. The molecule has 0 bridgehead atoms. The molecule has 0 saturated carbocycles. The van der Waals surface area contributed by atoms with Crippen LogP contribution in [0.25, 0.3) is 0 Å². The summed E-state index contributed by atoms with van der Waals surface area (Å²) in [6.07, 6.45) is 3.29. The van der Waals surface area contributed by atoms with Crippen molar-refractivity contribution in [3.8, 4) is 0 Å². The zero-order valence-corrected chi connectivity index (χ0v) is 13.1. The molecule has 0 saturated heterocycles. The number of amides is 1. The second-order valence-electron chi connectivity index (χ2n) is 5.42. The maximum atomic E-state index is 13.1. The number of carbonyl (C=O) groups excluding carboxylic acids is 1. The van der Waals surface area contributed by atoms with Gasteiger partial charge in [0.15, 0.2) is 0 Å². The molecule has 4 nitrogen and oxygen atoms in total. The topological polar surface area (TPSA) is 46.3 Å². The van der Waals surface area contributed by atoms with E-state index in [1.165, 1.54) is 0 Å². The van der Waals surface area contributed by atoms with Crippen molar-refractivity contribution in [3.05, 3.63) is 83.9 Å². The Morgan fingerprint density at radius 2 is 2.00 bits per heavy atom. The van der Waals surface area contributed by atoms with Gasteiger partial charge in [-0.2, -0.15) is 0 Å². The first-order valence-electron chi connectivity index (χ1n) is 7.51. The molecule has 3 aromatic rings. The maximum absolute atomic E-state index is 13.1. The molecule has 0 aliphatic heterocycles. The van der Waals surface area contributed by atoms with Crippen molar-refractivity contribution in [3.63, 3.8) is 0 Å². The molecule has 0 aliphatic carbocycles. The minimum Gasteiger partial charge on any atom is -0.467 e. The Bertz CT molecular complexity index is 782. The number of benzene rings is 1. The molecular weight excluding hydrogens is 288 g/mol. The number of hydrogen-bond acceptors (Lipinski definition) is 3. The highest BCUT2D eigenvalue weighted by Gasteiger charge is 2.27. The third-order valence-electron chi connectivity index (χ3n) is 3.72. The quantitative estimate of drug-likeness (QED) is 0.718. The van der Waals surface area contributed by atoms with E-state index in [9.17, 15) is 4.79 Å². The average molecular weight is 306 g/mol. The molecule has 0 unspecified atom stereocenters. The highest BCUT2D eigenvalue weighted by molar-refractivity contribution is 6.06. The zero-order valence-electron chi connectivity index (χ0n) is 13.1. The van der Waals surface area contributed by atoms with Crippen LogP contribution < -0.4 is 4.90 Å². The summed E-state index contributed by atoms with van der Waals surface area (Å²) in [5.41, 5.74) is 1.68. The summed E-state index contributed by atoms with van der Waals surface area (Å²) < 4.78 is 5.49. The fourth-order valence-electron chi connectivity index (χ4n) is 2.55. The van der Waals surface area contributed by atoms with E-state index in [1.54, 1.807) is 17.4 Å². The minimum atomic E-state index is -0.257. The lowest BCUT2D eigenvalue weighted by Crippen LogP contribution is -2.34. The number of pyridine rings is 1. The van der Waals surface area contributed by atoms with Crippen LogP contribution in [0.2, 0.25) is 0 Å². The number of rotatable bonds is 4. The maximum Gasteiger partial charge on any atom is 0.260 e. The SMILES string of the molecule is Cc1cccc(C(=O)N(c2ccccn2)[C@H](C)c2ccco2)c1. The lowest BCUT2D eigenvalue weighted by molar-refractivity contribution is 0.0974. The second-order valence-corrected chi connectivity index (χ2v) is 5.42. The van der Waals surface area contributed by atoms with E-state index in [-0.39, 0.29) is 11.9 Å². The van der Waals surface area contributed by atoms with Gasteiger partial charge in [0, 0.05) is 11.8 Å². The number of carbonyl (C=O) groups is 1. The number of furan rings is 1. The molecule has 3 rings (SSSR count). The van der Waals surface area contributed by atoms with Crippen LogP contribution in [-0.4, -0.2) is 10.9 Å². The van der Waals surface area contributed by atoms with Gasteiger partial charge in [-0.25, -0.2) is 4.98 Å². The molecule has 23 heavy (non-hydrogen) atoms. The monoisotopic (exact) mass is 306 g/mol. The molecule has 0 aliphatic rings. The Balaban J connectivity index is 2.03. The predicted molar refractivity (Wildman–Crippen MR) is 89.3 cm³/mol. The van der Waals surface area contributed by atoms with Crippen molar-refractivity contribution in [2.24, 2.45) is 0 Å². The second kappa shape index (κ2) is 6.48. The van der Waals surface area contributed by atoms with Crippen LogP contribution >= 0.6 is 0 Å². The van der Waals surface area contributed by atoms with Gasteiger partial charge < -0.3 is 4.42 Å². The van der Waals surface area contributed by atoms with Gasteiger partial charge in [0.2, 0.25) is 0 Å². The summed E-state index contributed by atoms with van der Waals surface area (Å²) in [5.74, 6) is 1.22. The van der Waals surface area contributed by atoms with Crippen LogP contribution in [0.1, 0.15) is 34.6 Å². The summed E-state index contributed by atoms with van der Waals surface area (Å²) >= 11 is 0. The first kappa shape index (κ1) is 15.0. The number of aromatic nitrogens is 1. The van der Waals surface area contributed by atoms with Crippen molar-refractivity contribution < 1.29 is 9.21 Å². The Labute approximate surface area is 135 Å². The molecule has 1 aromatic carbocycles. The Morgan fingerprint density at radius 3 is 2.65 bits per heavy atom. The lowest BCUT2D eigenvalue weighted by atomic mass is 10.1. The lowest BCUT2D eigenvalue weighted by Gasteiger charge is -2.27. The third-order valence-corrected chi connectivity index (χ3v) is 3.72. The Morgan fingerprint density at radius 1 is 1.13 bits per heavy atom. The molecule has 0 spiro atoms. The van der Waals surface area contributed by atoms with Gasteiger partial charge in [-0.1, -0.05) is 23.8 Å². The van der Waals surface area contributed by atoms with Crippen LogP contribution in [0.15, 0.2) is 71.5 Å². The molecule has 0 radical (unpaired) electrons. The fraction of sp³-hybridized carbons (Fsp3) is 0.158. The van der Waals surface area contributed by atoms with Crippen LogP contribution in [0.4, 0.5) is 5.82 Å². The third kappa shape index (κ3) is 3.16.